The van der Waals surface area contributed by atoms with E-state index in [9.17, 15) is 9.90 Å². The Hall–Kier alpha value is -3.27. The van der Waals surface area contributed by atoms with E-state index in [4.69, 9.17) is 24.1 Å². The van der Waals surface area contributed by atoms with Gasteiger partial charge in [-0.3, -0.25) is 9.69 Å². The van der Waals surface area contributed by atoms with Gasteiger partial charge in [-0.05, 0) is 29.8 Å². The van der Waals surface area contributed by atoms with Crippen molar-refractivity contribution in [2.75, 3.05) is 60.7 Å². The van der Waals surface area contributed by atoms with Gasteiger partial charge < -0.3 is 34.1 Å². The Morgan fingerprint density at radius 2 is 1.79 bits per heavy atom. The Morgan fingerprint density at radius 1 is 1.12 bits per heavy atom. The van der Waals surface area contributed by atoms with Gasteiger partial charge in [-0.2, -0.15) is 0 Å². The van der Waals surface area contributed by atoms with Gasteiger partial charge in [0.15, 0.2) is 17.3 Å². The number of quaternary nitrogens is 1. The van der Waals surface area contributed by atoms with Gasteiger partial charge in [0.1, 0.15) is 12.3 Å². The lowest BCUT2D eigenvalue weighted by Crippen LogP contribution is -3.13. The summed E-state index contributed by atoms with van der Waals surface area (Å²) < 4.78 is 22.1. The van der Waals surface area contributed by atoms with Gasteiger partial charge in [0.05, 0.1) is 46.6 Å². The molecule has 0 atom stereocenters. The molecule has 182 valence electrons. The first-order valence-electron chi connectivity index (χ1n) is 11.2. The maximum Gasteiger partial charge on any atom is 0.231 e. The zero-order chi connectivity index (χ0) is 24.2. The molecule has 0 aliphatic carbocycles. The molecule has 1 fully saturated rings. The lowest BCUT2D eigenvalue weighted by molar-refractivity contribution is -0.918. The fourth-order valence-corrected chi connectivity index (χ4v) is 4.45. The smallest absolute Gasteiger partial charge is 0.231 e. The van der Waals surface area contributed by atoms with E-state index >= 15 is 0 Å². The topological polar surface area (TPSA) is 105 Å². The summed E-state index contributed by atoms with van der Waals surface area (Å²) in [4.78, 5) is 16.5. The summed E-state index contributed by atoms with van der Waals surface area (Å²) in [5, 5.41) is 21.9. The van der Waals surface area contributed by atoms with Gasteiger partial charge in [0.25, 0.3) is 0 Å². The van der Waals surface area contributed by atoms with Crippen LogP contribution in [0.1, 0.15) is 21.5 Å². The molecule has 2 N–H and O–H groups in total. The van der Waals surface area contributed by atoms with Crippen molar-refractivity contribution < 1.29 is 38.9 Å². The van der Waals surface area contributed by atoms with Gasteiger partial charge >= 0.3 is 0 Å². The minimum atomic E-state index is -0.271. The number of nitrogens with zero attached hydrogens (tertiary/aromatic N) is 1. The number of allylic oxidation sites excluding steroid dienone is 1. The number of benzene rings is 2. The Kier molecular flexibility index (Phi) is 7.26. The van der Waals surface area contributed by atoms with E-state index < -0.39 is 0 Å². The third-order valence-electron chi connectivity index (χ3n) is 6.29. The maximum absolute atomic E-state index is 13.1. The Bertz CT molecular complexity index is 1070. The van der Waals surface area contributed by atoms with Crippen molar-refractivity contribution in [3.05, 3.63) is 46.7 Å². The van der Waals surface area contributed by atoms with E-state index in [1.807, 2.05) is 0 Å². The van der Waals surface area contributed by atoms with Crippen LogP contribution in [0.15, 0.2) is 30.0 Å². The summed E-state index contributed by atoms with van der Waals surface area (Å²) in [7, 11) is 4.57. The maximum atomic E-state index is 13.1. The monoisotopic (exact) mass is 470 g/mol. The highest BCUT2D eigenvalue weighted by molar-refractivity contribution is 6.15. The van der Waals surface area contributed by atoms with Crippen molar-refractivity contribution in [2.24, 2.45) is 0 Å². The molecule has 0 spiro atoms. The second-order valence-corrected chi connectivity index (χ2v) is 8.31. The number of methoxy groups -OCH3 is 3. The molecule has 2 aromatic carbocycles. The molecule has 2 heterocycles. The summed E-state index contributed by atoms with van der Waals surface area (Å²) in [6.45, 7) is 4.70. The Labute approximate surface area is 198 Å². The predicted molar refractivity (Wildman–Crippen MR) is 123 cm³/mol. The Morgan fingerprint density at radius 3 is 2.38 bits per heavy atom. The van der Waals surface area contributed by atoms with Crippen molar-refractivity contribution >= 4 is 11.9 Å². The quantitative estimate of drug-likeness (QED) is 0.524. The zero-order valence-corrected chi connectivity index (χ0v) is 19.7. The first-order valence-corrected chi connectivity index (χ1v) is 11.2. The molecule has 2 aromatic rings. The molecule has 0 radical (unpaired) electrons. The number of piperazine rings is 1. The van der Waals surface area contributed by atoms with Crippen molar-refractivity contribution in [1.82, 2.24) is 4.90 Å². The molecule has 2 aliphatic heterocycles. The summed E-state index contributed by atoms with van der Waals surface area (Å²) in [6, 6.07) is 6.43. The second kappa shape index (κ2) is 10.3. The molecule has 9 nitrogen and oxygen atoms in total. The highest BCUT2D eigenvalue weighted by Crippen LogP contribution is 2.41. The van der Waals surface area contributed by atoms with Crippen LogP contribution in [0.2, 0.25) is 0 Å². The number of carbonyl (C=O) groups excluding carboxylic acids is 1. The number of aliphatic hydroxyl groups excluding tert-OH is 1. The van der Waals surface area contributed by atoms with E-state index in [0.717, 1.165) is 26.2 Å². The first-order chi connectivity index (χ1) is 16.5. The highest BCUT2D eigenvalue weighted by atomic mass is 16.5. The van der Waals surface area contributed by atoms with Gasteiger partial charge in [0.2, 0.25) is 11.5 Å². The highest BCUT2D eigenvalue weighted by Gasteiger charge is 2.32. The molecule has 0 aromatic heterocycles. The summed E-state index contributed by atoms with van der Waals surface area (Å²) in [5.74, 6) is 1.46. The fraction of sp³-hybridized carbons (Fsp3) is 0.400. The number of carbonyl (C=O) groups is 1. The zero-order valence-electron chi connectivity index (χ0n) is 19.7. The van der Waals surface area contributed by atoms with Crippen LogP contribution in [0.25, 0.3) is 6.08 Å². The standard InChI is InChI=1S/C25H30N2O7/c1-31-21-13-16(14-22(32-2)25(21)33-3)12-20-23(30)17-4-5-19(29)18(24(17)34-20)15-27-8-6-26(7-9-27)10-11-28/h4-5,12-14,28-29H,6-11,15H2,1-3H3. The van der Waals surface area contributed by atoms with Crippen molar-refractivity contribution in [1.29, 1.82) is 0 Å². The number of ketones is 1. The predicted octanol–water partition coefficient (Wildman–Crippen LogP) is 0.0950. The van der Waals surface area contributed by atoms with Crippen LogP contribution in [0.4, 0.5) is 0 Å². The van der Waals surface area contributed by atoms with Crippen LogP contribution in [0, 0.1) is 0 Å². The molecule has 1 saturated heterocycles. The number of hydrogen-bond acceptors (Lipinski definition) is 8. The number of aliphatic hydroxyl groups is 1. The van der Waals surface area contributed by atoms with Crippen molar-refractivity contribution in [3.8, 4) is 28.7 Å². The molecular weight excluding hydrogens is 440 g/mol. The molecule has 4 rings (SSSR count). The average molecular weight is 471 g/mol. The normalized spacial score (nSPS) is 17.5. The van der Waals surface area contributed by atoms with Crippen molar-refractivity contribution in [2.45, 2.75) is 6.54 Å². The minimum Gasteiger partial charge on any atom is -0.872 e. The molecule has 0 bridgehead atoms. The van der Waals surface area contributed by atoms with Gasteiger partial charge in [0, 0.05) is 25.2 Å². The molecule has 9 heteroatoms. The number of hydrogen-bond donors (Lipinski definition) is 2. The van der Waals surface area contributed by atoms with Crippen LogP contribution >= 0.6 is 0 Å². The van der Waals surface area contributed by atoms with Crippen LogP contribution in [0.3, 0.4) is 0 Å². The van der Waals surface area contributed by atoms with Crippen LogP contribution in [-0.2, 0) is 6.54 Å². The summed E-state index contributed by atoms with van der Waals surface area (Å²) >= 11 is 0. The lowest BCUT2D eigenvalue weighted by atomic mass is 10.0. The third kappa shape index (κ3) is 4.68. The lowest BCUT2D eigenvalue weighted by Gasteiger charge is -2.32. The Balaban J connectivity index is 1.59. The number of ether oxygens (including phenoxy) is 4. The minimum absolute atomic E-state index is 0.133. The largest absolute Gasteiger partial charge is 0.872 e. The van der Waals surface area contributed by atoms with Gasteiger partial charge in [-0.1, -0.05) is 11.8 Å². The fourth-order valence-electron chi connectivity index (χ4n) is 4.45. The number of fused-ring (bicyclic) bond motifs is 1. The number of rotatable bonds is 8. The van der Waals surface area contributed by atoms with Crippen LogP contribution in [0.5, 0.6) is 28.7 Å². The molecule has 0 amide bonds. The molecule has 34 heavy (non-hydrogen) atoms. The summed E-state index contributed by atoms with van der Waals surface area (Å²) in [6.07, 6.45) is 1.61. The number of β-amino-alcohol motifs (C(OH)–C–C–N with tert-alkyl or cyclic N) is 1. The second-order valence-electron chi connectivity index (χ2n) is 8.31. The first kappa shape index (κ1) is 23.9. The van der Waals surface area contributed by atoms with E-state index in [1.54, 1.807) is 18.2 Å². The van der Waals surface area contributed by atoms with Crippen LogP contribution < -0.4 is 29.0 Å². The van der Waals surface area contributed by atoms with Gasteiger partial charge in [-0.15, -0.1) is 0 Å². The summed E-state index contributed by atoms with van der Waals surface area (Å²) in [5.41, 5.74) is 1.55. The number of nitrogens with one attached hydrogen (secondary N) is 1. The SMILES string of the molecule is COc1cc(C=C2Oc3c(ccc([O-])c3C[NH+]3CCN(CCO)CC3)C2=O)cc(OC)c1OC. The molecule has 0 saturated carbocycles. The van der Waals surface area contributed by atoms with Crippen LogP contribution in [-0.4, -0.2) is 76.4 Å². The average Bonchev–Trinajstić information content (AvgIpc) is 3.16. The molecule has 0 unspecified atom stereocenters. The third-order valence-corrected chi connectivity index (χ3v) is 6.29. The van der Waals surface area contributed by atoms with Crippen molar-refractivity contribution in [3.63, 3.8) is 0 Å². The van der Waals surface area contributed by atoms with E-state index in [0.29, 0.717) is 52.8 Å². The number of Topliss-reactive ketones (excluding diaryl/α,β-unsaturated/α-hetero) is 1. The molecule has 2 aliphatic rings. The molecular formula is C25H30N2O7. The van der Waals surface area contributed by atoms with E-state index in [1.165, 1.54) is 38.4 Å². The van der Waals surface area contributed by atoms with E-state index in [2.05, 4.69) is 4.90 Å². The van der Waals surface area contributed by atoms with E-state index in [-0.39, 0.29) is 23.9 Å². The van der Waals surface area contributed by atoms with Gasteiger partial charge in [-0.25, -0.2) is 0 Å².